The Morgan fingerprint density at radius 1 is 0.826 bits per heavy atom. The van der Waals surface area contributed by atoms with E-state index < -0.39 is 29.2 Å². The fourth-order valence-corrected chi connectivity index (χ4v) is 11.2. The van der Waals surface area contributed by atoms with Gasteiger partial charge in [-0.25, -0.2) is 0 Å². The molecule has 8 aliphatic rings. The van der Waals surface area contributed by atoms with E-state index in [4.69, 9.17) is 14.2 Å². The highest BCUT2D eigenvalue weighted by atomic mass is 16.6. The first kappa shape index (κ1) is 42.1. The fourth-order valence-electron chi connectivity index (χ4n) is 11.2. The van der Waals surface area contributed by atoms with Crippen molar-refractivity contribution in [1.29, 1.82) is 0 Å². The molecule has 6 bridgehead atoms. The predicted molar refractivity (Wildman–Crippen MR) is 185 cm³/mol. The quantitative estimate of drug-likeness (QED) is 0.147. The molecule has 7 heteroatoms. The Hall–Kier alpha value is -1.92. The molecular formula is C39H70O7. The predicted octanol–water partition coefficient (Wildman–Crippen LogP) is 9.44. The van der Waals surface area contributed by atoms with Crippen LogP contribution in [0.3, 0.4) is 0 Å². The number of carbonyl (C=O) groups excluding carboxylic acids is 4. The van der Waals surface area contributed by atoms with Gasteiger partial charge in [-0.05, 0) is 132 Å². The standard InChI is InChI=1S/C33H46O7.6CH4/c1-17-20-7-8-21(14-20)27(17)28-25(29(35)39-30(28)36)16-32(2)15-24(38-31(32)37)5-4-6-26(34)40-33(3)22-10-18-9-19(12-22)13-23(33)11-18;;;;;;/h17-25,27-28H,4-16H2,1-3H3;6*1H4. The lowest BCUT2D eigenvalue weighted by molar-refractivity contribution is -0.203. The van der Waals surface area contributed by atoms with Crippen molar-refractivity contribution >= 4 is 23.9 Å². The summed E-state index contributed by atoms with van der Waals surface area (Å²) in [5.74, 6) is 2.04. The summed E-state index contributed by atoms with van der Waals surface area (Å²) < 4.78 is 17.2. The van der Waals surface area contributed by atoms with Crippen LogP contribution in [0.25, 0.3) is 0 Å². The number of hydrogen-bond donors (Lipinski definition) is 0. The van der Waals surface area contributed by atoms with E-state index in [2.05, 4.69) is 13.8 Å². The molecule has 8 rings (SSSR count). The Labute approximate surface area is 282 Å². The van der Waals surface area contributed by atoms with Crippen LogP contribution in [0.2, 0.25) is 0 Å². The SMILES string of the molecule is C.C.C.C.C.C.CC1C2CCC(C2)C1C1C(=O)OC(=O)C1CC1(C)CC(CCCC(=O)OC2(C)C3CC4CC(C3)CC2C4)OC1=O. The zero-order valence-electron chi connectivity index (χ0n) is 24.4. The van der Waals surface area contributed by atoms with Crippen molar-refractivity contribution in [1.82, 2.24) is 0 Å². The molecule has 0 aromatic rings. The van der Waals surface area contributed by atoms with Gasteiger partial charge in [0.2, 0.25) is 0 Å². The molecule has 6 saturated carbocycles. The van der Waals surface area contributed by atoms with Crippen LogP contribution in [0.5, 0.6) is 0 Å². The van der Waals surface area contributed by atoms with Gasteiger partial charge in [0.05, 0.1) is 17.3 Å². The van der Waals surface area contributed by atoms with Crippen molar-refractivity contribution in [2.45, 2.75) is 161 Å². The Kier molecular flexibility index (Phi) is 13.8. The average Bonchev–Trinajstić information content (AvgIpc) is 3.61. The summed E-state index contributed by atoms with van der Waals surface area (Å²) in [5.41, 5.74) is -1.14. The number of rotatable bonds is 8. The summed E-state index contributed by atoms with van der Waals surface area (Å²) >= 11 is 0. The largest absolute Gasteiger partial charge is 0.462 e. The van der Waals surface area contributed by atoms with Gasteiger partial charge in [0.15, 0.2) is 0 Å². The van der Waals surface area contributed by atoms with E-state index in [-0.39, 0.29) is 74.1 Å². The van der Waals surface area contributed by atoms with Crippen molar-refractivity contribution in [3.63, 3.8) is 0 Å². The Bertz CT molecular complexity index is 1070. The zero-order chi connectivity index (χ0) is 28.0. The monoisotopic (exact) mass is 651 g/mol. The van der Waals surface area contributed by atoms with Crippen LogP contribution in [0, 0.1) is 64.6 Å². The zero-order valence-corrected chi connectivity index (χ0v) is 24.4. The summed E-state index contributed by atoms with van der Waals surface area (Å²) in [6.07, 6.45) is 11.7. The second kappa shape index (κ2) is 15.1. The molecule has 2 saturated heterocycles. The number of hydrogen-bond acceptors (Lipinski definition) is 7. The third-order valence-electron chi connectivity index (χ3n) is 13.1. The van der Waals surface area contributed by atoms with Gasteiger partial charge >= 0.3 is 23.9 Å². The molecular weight excluding hydrogens is 580 g/mol. The molecule has 8 atom stereocenters. The van der Waals surface area contributed by atoms with Crippen molar-refractivity contribution in [2.24, 2.45) is 64.6 Å². The summed E-state index contributed by atoms with van der Waals surface area (Å²) in [6.45, 7) is 6.26. The van der Waals surface area contributed by atoms with Crippen molar-refractivity contribution < 1.29 is 33.4 Å². The second-order valence-corrected chi connectivity index (χ2v) is 15.5. The average molecular weight is 651 g/mol. The van der Waals surface area contributed by atoms with Crippen molar-refractivity contribution in [3.8, 4) is 0 Å². The Balaban J connectivity index is 0.00000176. The van der Waals surface area contributed by atoms with E-state index in [1.54, 1.807) is 0 Å². The van der Waals surface area contributed by atoms with Gasteiger partial charge in [0.1, 0.15) is 11.7 Å². The highest BCUT2D eigenvalue weighted by molar-refractivity contribution is 5.97. The molecule has 7 nitrogen and oxygen atoms in total. The minimum atomic E-state index is -0.827. The second-order valence-electron chi connectivity index (χ2n) is 15.5. The molecule has 46 heavy (non-hydrogen) atoms. The van der Waals surface area contributed by atoms with Crippen LogP contribution < -0.4 is 0 Å². The Morgan fingerprint density at radius 3 is 1.98 bits per heavy atom. The third kappa shape index (κ3) is 6.81. The van der Waals surface area contributed by atoms with Gasteiger partial charge in [0.25, 0.3) is 0 Å². The van der Waals surface area contributed by atoms with Crippen LogP contribution in [-0.4, -0.2) is 35.6 Å². The highest BCUT2D eigenvalue weighted by Gasteiger charge is 2.60. The van der Waals surface area contributed by atoms with Crippen LogP contribution in [0.15, 0.2) is 0 Å². The minimum Gasteiger partial charge on any atom is -0.462 e. The summed E-state index contributed by atoms with van der Waals surface area (Å²) in [7, 11) is 0. The molecule has 2 heterocycles. The minimum absolute atomic E-state index is 0. The number of carbonyl (C=O) groups is 4. The van der Waals surface area contributed by atoms with Crippen molar-refractivity contribution in [3.05, 3.63) is 0 Å². The van der Waals surface area contributed by atoms with E-state index in [1.807, 2.05) is 6.92 Å². The van der Waals surface area contributed by atoms with Gasteiger partial charge in [-0.3, -0.25) is 19.2 Å². The van der Waals surface area contributed by atoms with Crippen molar-refractivity contribution in [2.75, 3.05) is 0 Å². The van der Waals surface area contributed by atoms with E-state index in [0.717, 1.165) is 24.7 Å². The summed E-state index contributed by atoms with van der Waals surface area (Å²) in [6, 6.07) is 0. The number of cyclic esters (lactones) is 3. The third-order valence-corrected chi connectivity index (χ3v) is 13.1. The highest BCUT2D eigenvalue weighted by Crippen LogP contribution is 2.60. The molecule has 0 amide bonds. The fraction of sp³-hybridized carbons (Fsp3) is 0.897. The molecule has 6 aliphatic carbocycles. The first-order chi connectivity index (χ1) is 19.0. The maximum absolute atomic E-state index is 13.1. The molecule has 0 spiro atoms. The lowest BCUT2D eigenvalue weighted by Gasteiger charge is -2.59. The van der Waals surface area contributed by atoms with Crippen LogP contribution >= 0.6 is 0 Å². The first-order valence-electron chi connectivity index (χ1n) is 16.2. The van der Waals surface area contributed by atoms with Gasteiger partial charge in [-0.15, -0.1) is 0 Å². The Morgan fingerprint density at radius 2 is 1.41 bits per heavy atom. The number of fused-ring (bicyclic) bond motifs is 2. The molecule has 0 radical (unpaired) electrons. The molecule has 0 aromatic carbocycles. The number of esters is 4. The van der Waals surface area contributed by atoms with Gasteiger partial charge in [-0.1, -0.05) is 51.5 Å². The molecule has 0 N–H and O–H groups in total. The van der Waals surface area contributed by atoms with Crippen LogP contribution in [0.4, 0.5) is 0 Å². The lowest BCUT2D eigenvalue weighted by atomic mass is 9.50. The van der Waals surface area contributed by atoms with E-state index in [9.17, 15) is 19.2 Å². The lowest BCUT2D eigenvalue weighted by Crippen LogP contribution is -2.57. The number of ether oxygens (including phenoxy) is 3. The maximum atomic E-state index is 13.1. The summed E-state index contributed by atoms with van der Waals surface area (Å²) in [5, 5.41) is 0. The normalized spacial score (nSPS) is 43.9. The molecule has 268 valence electrons. The first-order valence-corrected chi connectivity index (χ1v) is 16.2. The molecule has 2 aliphatic heterocycles. The molecule has 0 aromatic heterocycles. The van der Waals surface area contributed by atoms with Crippen LogP contribution in [-0.2, 0) is 33.4 Å². The van der Waals surface area contributed by atoms with Gasteiger partial charge < -0.3 is 14.2 Å². The van der Waals surface area contributed by atoms with Crippen LogP contribution in [0.1, 0.15) is 149 Å². The van der Waals surface area contributed by atoms with E-state index >= 15 is 0 Å². The topological polar surface area (TPSA) is 96.0 Å². The molecule has 8 fully saturated rings. The van der Waals surface area contributed by atoms with E-state index in [0.29, 0.717) is 61.7 Å². The summed E-state index contributed by atoms with van der Waals surface area (Å²) in [4.78, 5) is 51.8. The maximum Gasteiger partial charge on any atom is 0.317 e. The van der Waals surface area contributed by atoms with Gasteiger partial charge in [-0.2, -0.15) is 0 Å². The van der Waals surface area contributed by atoms with Gasteiger partial charge in [0, 0.05) is 12.8 Å². The smallest absolute Gasteiger partial charge is 0.317 e. The van der Waals surface area contributed by atoms with E-state index in [1.165, 1.54) is 38.5 Å². The molecule has 8 unspecified atom stereocenters.